The van der Waals surface area contributed by atoms with Crippen LogP contribution in [0.5, 0.6) is 0 Å². The van der Waals surface area contributed by atoms with E-state index >= 15 is 0 Å². The molecule has 0 amide bonds. The van der Waals surface area contributed by atoms with Crippen molar-refractivity contribution in [2.45, 2.75) is 13.8 Å². The van der Waals surface area contributed by atoms with Crippen LogP contribution in [-0.2, 0) is 9.24 Å². The summed E-state index contributed by atoms with van der Waals surface area (Å²) in [7, 11) is 1.42. The van der Waals surface area contributed by atoms with Gasteiger partial charge in [-0.25, -0.2) is 0 Å². The van der Waals surface area contributed by atoms with Crippen molar-refractivity contribution in [3.63, 3.8) is 0 Å². The van der Waals surface area contributed by atoms with Crippen LogP contribution in [0.3, 0.4) is 0 Å². The molecule has 0 bridgehead atoms. The van der Waals surface area contributed by atoms with Crippen molar-refractivity contribution >= 4 is 31.5 Å². The highest BCUT2D eigenvalue weighted by molar-refractivity contribution is 8.11. The zero-order valence-corrected chi connectivity index (χ0v) is 8.75. The van der Waals surface area contributed by atoms with Crippen LogP contribution in [0.2, 0.25) is 0 Å². The number of alkyl halides is 1. The molecule has 0 aliphatic rings. The Bertz CT molecular complexity index is 203. The summed E-state index contributed by atoms with van der Waals surface area (Å²) >= 11 is 5.36. The maximum Gasteiger partial charge on any atom is 0.300 e. The lowest BCUT2D eigenvalue weighted by molar-refractivity contribution is 0.414. The fourth-order valence-electron chi connectivity index (χ4n) is 0.603. The first-order chi connectivity index (χ1) is 4.88. The Kier molecular flexibility index (Phi) is 4.70. The molecule has 0 aromatic rings. The maximum absolute atomic E-state index is 10.7. The minimum absolute atomic E-state index is 0.0932. The van der Waals surface area contributed by atoms with Gasteiger partial charge in [0.15, 0.2) is 0 Å². The van der Waals surface area contributed by atoms with E-state index in [2.05, 4.69) is 0 Å². The molecule has 0 rings (SSSR count). The summed E-state index contributed by atoms with van der Waals surface area (Å²) in [6, 6.07) is -0.0932. The minimum atomic E-state index is -3.64. The quantitative estimate of drug-likeness (QED) is 0.410. The molecule has 0 aromatic carbocycles. The molecule has 0 spiro atoms. The fourth-order valence-corrected chi connectivity index (χ4v) is 2.14. The van der Waals surface area contributed by atoms with E-state index in [1.807, 2.05) is 13.8 Å². The predicted molar refractivity (Wildman–Crippen MR) is 47.0 cm³/mol. The predicted octanol–water partition coefficient (Wildman–Crippen LogP) is 1.62. The molecule has 0 saturated heterocycles. The largest absolute Gasteiger partial charge is 0.300 e. The Morgan fingerprint density at radius 2 is 1.91 bits per heavy atom. The van der Waals surface area contributed by atoms with Gasteiger partial charge >= 0.3 is 9.24 Å². The van der Waals surface area contributed by atoms with E-state index in [9.17, 15) is 8.42 Å². The Morgan fingerprint density at radius 3 is 2.00 bits per heavy atom. The van der Waals surface area contributed by atoms with Crippen LogP contribution in [0.15, 0.2) is 0 Å². The molecular weight excluding hydrogens is 209 g/mol. The first-order valence-electron chi connectivity index (χ1n) is 3.13. The Labute approximate surface area is 76.8 Å². The van der Waals surface area contributed by atoms with Gasteiger partial charge in [-0.3, -0.25) is 0 Å². The molecule has 0 aromatic heterocycles. The van der Waals surface area contributed by atoms with E-state index in [4.69, 9.17) is 22.3 Å². The zero-order chi connectivity index (χ0) is 9.07. The molecule has 0 fully saturated rings. The summed E-state index contributed by atoms with van der Waals surface area (Å²) in [6.07, 6.45) is 0. The Balaban J connectivity index is 4.20. The van der Waals surface area contributed by atoms with E-state index in [-0.39, 0.29) is 11.9 Å². The maximum atomic E-state index is 10.7. The molecule has 0 unspecified atom stereocenters. The van der Waals surface area contributed by atoms with Crippen LogP contribution in [0.25, 0.3) is 0 Å². The summed E-state index contributed by atoms with van der Waals surface area (Å²) in [5, 5.41) is 0. The van der Waals surface area contributed by atoms with E-state index < -0.39 is 9.24 Å². The summed E-state index contributed by atoms with van der Waals surface area (Å²) in [4.78, 5) is 0. The first-order valence-corrected chi connectivity index (χ1v) is 5.93. The minimum Gasteiger partial charge on any atom is -0.195 e. The van der Waals surface area contributed by atoms with E-state index in [1.165, 1.54) is 0 Å². The highest BCUT2D eigenvalue weighted by Gasteiger charge is 2.18. The molecule has 11 heavy (non-hydrogen) atoms. The van der Waals surface area contributed by atoms with Crippen molar-refractivity contribution in [3.05, 3.63) is 0 Å². The molecule has 0 heterocycles. The molecule has 0 N–H and O–H groups in total. The number of hydrogen-bond donors (Lipinski definition) is 0. The molecule has 0 aliphatic carbocycles. The number of rotatable bonds is 4. The third-order valence-corrected chi connectivity index (χ3v) is 2.92. The second kappa shape index (κ2) is 4.50. The smallest absolute Gasteiger partial charge is 0.195 e. The van der Waals surface area contributed by atoms with Crippen LogP contribution < -0.4 is 0 Å². The van der Waals surface area contributed by atoms with Crippen molar-refractivity contribution in [3.8, 4) is 0 Å². The van der Waals surface area contributed by atoms with Gasteiger partial charge in [0.1, 0.15) is 0 Å². The molecule has 0 aliphatic heterocycles. The van der Waals surface area contributed by atoms with E-state index in [0.717, 1.165) is 4.31 Å². The van der Waals surface area contributed by atoms with Gasteiger partial charge < -0.3 is 0 Å². The average Bonchev–Trinajstić information content (AvgIpc) is 1.79. The van der Waals surface area contributed by atoms with Crippen LogP contribution in [-0.4, -0.2) is 25.3 Å². The Hall–Kier alpha value is 0.490. The standard InChI is InChI=1S/C5H11Cl2NO2S/c1-5(2)3-8(4-6)11(7,9)10/h5H,3-4H2,1-2H3. The molecular formula is C5H11Cl2NO2S. The summed E-state index contributed by atoms with van der Waals surface area (Å²) in [6.45, 7) is 4.14. The van der Waals surface area contributed by atoms with Crippen LogP contribution >= 0.6 is 22.3 Å². The van der Waals surface area contributed by atoms with Crippen molar-refractivity contribution in [1.82, 2.24) is 4.31 Å². The highest BCUT2D eigenvalue weighted by Crippen LogP contribution is 2.10. The second-order valence-electron chi connectivity index (χ2n) is 2.59. The third-order valence-electron chi connectivity index (χ3n) is 1.01. The van der Waals surface area contributed by atoms with Crippen molar-refractivity contribution in [2.75, 3.05) is 12.5 Å². The van der Waals surface area contributed by atoms with Gasteiger partial charge in [-0.05, 0) is 5.92 Å². The fraction of sp³-hybridized carbons (Fsp3) is 1.00. The second-order valence-corrected chi connectivity index (χ2v) is 5.34. The van der Waals surface area contributed by atoms with Crippen LogP contribution in [0.4, 0.5) is 0 Å². The van der Waals surface area contributed by atoms with Gasteiger partial charge in [-0.2, -0.15) is 12.7 Å². The van der Waals surface area contributed by atoms with Crippen molar-refractivity contribution in [2.24, 2.45) is 5.92 Å². The average molecular weight is 220 g/mol. The summed E-state index contributed by atoms with van der Waals surface area (Å²) in [5.74, 6) is 0.224. The number of hydrogen-bond acceptors (Lipinski definition) is 2. The molecule has 6 heteroatoms. The number of halogens is 2. The van der Waals surface area contributed by atoms with Gasteiger partial charge in [0, 0.05) is 17.2 Å². The van der Waals surface area contributed by atoms with Gasteiger partial charge in [0.05, 0.1) is 6.00 Å². The lowest BCUT2D eigenvalue weighted by Gasteiger charge is -2.16. The zero-order valence-electron chi connectivity index (χ0n) is 6.42. The lowest BCUT2D eigenvalue weighted by atomic mass is 10.2. The highest BCUT2D eigenvalue weighted by atomic mass is 35.7. The molecule has 3 nitrogen and oxygen atoms in total. The monoisotopic (exact) mass is 219 g/mol. The van der Waals surface area contributed by atoms with Crippen LogP contribution in [0.1, 0.15) is 13.8 Å². The SMILES string of the molecule is CC(C)CN(CCl)S(=O)(=O)Cl. The lowest BCUT2D eigenvalue weighted by Crippen LogP contribution is -2.29. The number of nitrogens with zero attached hydrogens (tertiary/aromatic N) is 1. The normalized spacial score (nSPS) is 12.9. The van der Waals surface area contributed by atoms with Crippen molar-refractivity contribution < 1.29 is 8.42 Å². The topological polar surface area (TPSA) is 37.4 Å². The van der Waals surface area contributed by atoms with Gasteiger partial charge in [-0.1, -0.05) is 13.8 Å². The third kappa shape index (κ3) is 4.85. The van der Waals surface area contributed by atoms with E-state index in [0.29, 0.717) is 6.54 Å². The van der Waals surface area contributed by atoms with Gasteiger partial charge in [-0.15, -0.1) is 11.6 Å². The van der Waals surface area contributed by atoms with E-state index in [1.54, 1.807) is 0 Å². The molecule has 0 saturated carbocycles. The van der Waals surface area contributed by atoms with Gasteiger partial charge in [0.25, 0.3) is 0 Å². The van der Waals surface area contributed by atoms with Gasteiger partial charge in [0.2, 0.25) is 0 Å². The molecule has 68 valence electrons. The first kappa shape index (κ1) is 11.5. The van der Waals surface area contributed by atoms with Crippen LogP contribution in [0, 0.1) is 5.92 Å². The molecule has 0 atom stereocenters. The summed E-state index contributed by atoms with van der Waals surface area (Å²) < 4.78 is 22.4. The van der Waals surface area contributed by atoms with Crippen molar-refractivity contribution in [1.29, 1.82) is 0 Å². The molecule has 0 radical (unpaired) electrons. The Morgan fingerprint density at radius 1 is 1.45 bits per heavy atom. The summed E-state index contributed by atoms with van der Waals surface area (Å²) in [5.41, 5.74) is 0.